The van der Waals surface area contributed by atoms with Gasteiger partial charge in [0.2, 0.25) is 29.5 Å². The lowest BCUT2D eigenvalue weighted by molar-refractivity contribution is -0.148. The number of aromatic nitrogens is 1. The van der Waals surface area contributed by atoms with Crippen molar-refractivity contribution >= 4 is 52.4 Å². The summed E-state index contributed by atoms with van der Waals surface area (Å²) in [5.74, 6) is -6.19. The van der Waals surface area contributed by atoms with Crippen LogP contribution in [-0.4, -0.2) is 87.7 Å². The predicted octanol–water partition coefficient (Wildman–Crippen LogP) is 2.68. The van der Waals surface area contributed by atoms with Crippen molar-refractivity contribution < 1.29 is 43.4 Å². The molecule has 0 saturated heterocycles. The van der Waals surface area contributed by atoms with Gasteiger partial charge in [-0.05, 0) is 29.2 Å². The minimum absolute atomic E-state index is 0.0177. The number of fused-ring (bicyclic) bond motifs is 1. The molecule has 1 aromatic heterocycles. The second-order valence-electron chi connectivity index (χ2n) is 13.5. The van der Waals surface area contributed by atoms with Crippen molar-refractivity contribution in [3.05, 3.63) is 120 Å². The number of hydrogen-bond donors (Lipinski definition) is 6. The van der Waals surface area contributed by atoms with Gasteiger partial charge in [-0.15, -0.1) is 0 Å². The molecule has 1 heterocycles. The number of aromatic amines is 1. The number of carboxylic acids is 1. The number of aliphatic carboxylic acids is 1. The predicted molar refractivity (Wildman–Crippen MR) is 211 cm³/mol. The van der Waals surface area contributed by atoms with E-state index in [-0.39, 0.29) is 25.9 Å². The first-order chi connectivity index (χ1) is 27.4. The summed E-state index contributed by atoms with van der Waals surface area (Å²) in [6.07, 6.45) is 3.79. The van der Waals surface area contributed by atoms with Gasteiger partial charge in [0.1, 0.15) is 30.8 Å². The van der Waals surface area contributed by atoms with Crippen LogP contribution in [0.25, 0.3) is 10.9 Å². The molecule has 15 heteroatoms. The minimum Gasteiger partial charge on any atom is -0.478 e. The largest absolute Gasteiger partial charge is 0.478 e. The highest BCUT2D eigenvalue weighted by atomic mass is 16.5. The summed E-state index contributed by atoms with van der Waals surface area (Å²) >= 11 is 0. The Balaban J connectivity index is 1.60. The maximum atomic E-state index is 14.3. The number of carbonyl (C=O) groups is 7. The van der Waals surface area contributed by atoms with Crippen molar-refractivity contribution in [1.29, 1.82) is 0 Å². The lowest BCUT2D eigenvalue weighted by Crippen LogP contribution is -2.59. The number of primary amides is 1. The average molecular weight is 781 g/mol. The number of para-hydroxylation sites is 1. The zero-order valence-electron chi connectivity index (χ0n) is 31.8. The average Bonchev–Trinajstić information content (AvgIpc) is 3.61. The van der Waals surface area contributed by atoms with Crippen molar-refractivity contribution in [2.75, 3.05) is 7.05 Å². The summed E-state index contributed by atoms with van der Waals surface area (Å²) in [7, 11) is 1.38. The van der Waals surface area contributed by atoms with Gasteiger partial charge in [0.15, 0.2) is 0 Å². The third-order valence-electron chi connectivity index (χ3n) is 9.23. The van der Waals surface area contributed by atoms with Crippen LogP contribution in [0.4, 0.5) is 0 Å². The summed E-state index contributed by atoms with van der Waals surface area (Å²) in [4.78, 5) is 96.2. The van der Waals surface area contributed by atoms with Gasteiger partial charge >= 0.3 is 11.9 Å². The van der Waals surface area contributed by atoms with E-state index in [4.69, 9.17) is 15.6 Å². The molecule has 0 saturated carbocycles. The number of unbranched alkanes of at least 4 members (excludes halogenated alkanes) is 1. The Labute approximate surface area is 330 Å². The van der Waals surface area contributed by atoms with Crippen LogP contribution in [-0.2, 0) is 57.7 Å². The molecule has 7 N–H and O–H groups in total. The first-order valence-electron chi connectivity index (χ1n) is 18.5. The molecule has 0 radical (unpaired) electrons. The minimum atomic E-state index is -1.55. The smallest absolute Gasteiger partial charge is 0.328 e. The lowest BCUT2D eigenvalue weighted by Gasteiger charge is -2.32. The standard InChI is InChI=1S/C42H48N6O9/c1-3-4-19-35(48(2)42(56)34(45-36(49)20-21-37(50)51)23-29-25-44-31-18-12-11-17-30(29)31)41(55)47-33(24-38(52)57-26-28-15-9-6-10-16-28)40(54)46-32(39(43)53)22-27-13-7-5-8-14-27/h5-18,20-21,25,32-35,44H,3-4,19,22-24,26H2,1-2H3,(H2,43,53)(H,45,49)(H,46,54)(H,47,55)(H,50,51)/b21-20-/t32-,33-,34-,35-/m0/s1. The van der Waals surface area contributed by atoms with Crippen LogP contribution >= 0.6 is 0 Å². The van der Waals surface area contributed by atoms with Gasteiger partial charge in [0.25, 0.3) is 0 Å². The second kappa shape index (κ2) is 21.4. The molecule has 300 valence electrons. The Hall–Kier alpha value is -6.77. The number of nitrogens with two attached hydrogens (primary N) is 1. The number of likely N-dealkylation sites (N-methyl/N-ethyl adjacent to an activating group) is 1. The van der Waals surface area contributed by atoms with E-state index in [1.54, 1.807) is 66.9 Å². The molecule has 0 bridgehead atoms. The fourth-order valence-electron chi connectivity index (χ4n) is 6.17. The molecule has 0 aliphatic carbocycles. The van der Waals surface area contributed by atoms with Gasteiger partial charge in [0.05, 0.1) is 6.42 Å². The number of esters is 1. The molecule has 57 heavy (non-hydrogen) atoms. The monoisotopic (exact) mass is 780 g/mol. The number of H-pyrrole nitrogens is 1. The number of rotatable bonds is 21. The quantitative estimate of drug-likeness (QED) is 0.0539. The van der Waals surface area contributed by atoms with E-state index in [1.807, 2.05) is 31.2 Å². The molecule has 15 nitrogen and oxygen atoms in total. The van der Waals surface area contributed by atoms with Crippen LogP contribution < -0.4 is 21.7 Å². The molecule has 0 aliphatic heterocycles. The molecule has 0 aliphatic rings. The second-order valence-corrected chi connectivity index (χ2v) is 13.5. The van der Waals surface area contributed by atoms with Crippen molar-refractivity contribution in [2.45, 2.75) is 76.2 Å². The number of hydrogen-bond acceptors (Lipinski definition) is 8. The van der Waals surface area contributed by atoms with E-state index in [9.17, 15) is 33.6 Å². The summed E-state index contributed by atoms with van der Waals surface area (Å²) in [6.45, 7) is 1.79. The molecule has 4 rings (SSSR count). The zero-order valence-corrected chi connectivity index (χ0v) is 31.8. The number of amides is 5. The summed E-state index contributed by atoms with van der Waals surface area (Å²) in [6, 6.07) is 19.8. The highest BCUT2D eigenvalue weighted by Gasteiger charge is 2.35. The van der Waals surface area contributed by atoms with E-state index in [0.29, 0.717) is 35.6 Å². The van der Waals surface area contributed by atoms with Crippen LogP contribution in [0, 0.1) is 0 Å². The molecule has 0 fully saturated rings. The number of carboxylic acid groups (broad SMARTS) is 1. The highest BCUT2D eigenvalue weighted by molar-refractivity contribution is 5.99. The van der Waals surface area contributed by atoms with E-state index < -0.39 is 72.1 Å². The van der Waals surface area contributed by atoms with Crippen LogP contribution in [0.1, 0.15) is 49.3 Å². The summed E-state index contributed by atoms with van der Waals surface area (Å²) < 4.78 is 5.42. The fourth-order valence-corrected chi connectivity index (χ4v) is 6.17. The molecular formula is C42H48N6O9. The molecule has 4 aromatic rings. The number of nitrogens with one attached hydrogen (secondary N) is 4. The van der Waals surface area contributed by atoms with Crippen LogP contribution in [0.5, 0.6) is 0 Å². The zero-order chi connectivity index (χ0) is 41.3. The van der Waals surface area contributed by atoms with Crippen molar-refractivity contribution in [1.82, 2.24) is 25.8 Å². The Kier molecular flexibility index (Phi) is 16.1. The third kappa shape index (κ3) is 13.2. The maximum Gasteiger partial charge on any atom is 0.328 e. The number of carbonyl (C=O) groups excluding carboxylic acids is 6. The van der Waals surface area contributed by atoms with Gasteiger partial charge in [0, 0.05) is 49.1 Å². The molecule has 4 atom stereocenters. The molecule has 5 amide bonds. The van der Waals surface area contributed by atoms with Crippen molar-refractivity contribution in [3.8, 4) is 0 Å². The normalized spacial score (nSPS) is 13.2. The number of ether oxygens (including phenoxy) is 1. The molecule has 3 aromatic carbocycles. The van der Waals surface area contributed by atoms with Gasteiger partial charge < -0.3 is 41.4 Å². The van der Waals surface area contributed by atoms with E-state index in [1.165, 1.54) is 7.05 Å². The topological polar surface area (TPSA) is 230 Å². The van der Waals surface area contributed by atoms with Crippen LogP contribution in [0.2, 0.25) is 0 Å². The molecular weight excluding hydrogens is 732 g/mol. The van der Waals surface area contributed by atoms with Crippen molar-refractivity contribution in [3.63, 3.8) is 0 Å². The SMILES string of the molecule is CCCC[C@@H](C(=O)N[C@@H](CC(=O)OCc1ccccc1)C(=O)N[C@@H](Cc1ccccc1)C(N)=O)N(C)C(=O)[C@H](Cc1c[nH]c2ccccc12)NC(=O)/C=C\C(=O)O. The Morgan fingerprint density at radius 1 is 0.789 bits per heavy atom. The van der Waals surface area contributed by atoms with Gasteiger partial charge in [-0.1, -0.05) is 98.6 Å². The Bertz CT molecular complexity index is 2050. The number of nitrogens with zero attached hydrogens (tertiary/aromatic N) is 1. The maximum absolute atomic E-state index is 14.3. The third-order valence-corrected chi connectivity index (χ3v) is 9.23. The Morgan fingerprint density at radius 3 is 2.07 bits per heavy atom. The van der Waals surface area contributed by atoms with Gasteiger partial charge in [-0.3, -0.25) is 28.8 Å². The molecule has 0 unspecified atom stereocenters. The van der Waals surface area contributed by atoms with E-state index >= 15 is 0 Å². The van der Waals surface area contributed by atoms with Crippen LogP contribution in [0.3, 0.4) is 0 Å². The van der Waals surface area contributed by atoms with Gasteiger partial charge in [-0.2, -0.15) is 0 Å². The van der Waals surface area contributed by atoms with Crippen LogP contribution in [0.15, 0.2) is 103 Å². The first kappa shape index (κ1) is 43.0. The highest BCUT2D eigenvalue weighted by Crippen LogP contribution is 2.21. The van der Waals surface area contributed by atoms with E-state index in [0.717, 1.165) is 21.9 Å². The lowest BCUT2D eigenvalue weighted by atomic mass is 10.0. The fraction of sp³-hybridized carbons (Fsp3) is 0.310. The first-order valence-corrected chi connectivity index (χ1v) is 18.5. The summed E-state index contributed by atoms with van der Waals surface area (Å²) in [5, 5.41) is 17.6. The van der Waals surface area contributed by atoms with Gasteiger partial charge in [-0.25, -0.2) is 4.79 Å². The molecule has 0 spiro atoms. The number of benzene rings is 3. The summed E-state index contributed by atoms with van der Waals surface area (Å²) in [5.41, 5.74) is 8.53. The van der Waals surface area contributed by atoms with E-state index in [2.05, 4.69) is 20.9 Å². The Morgan fingerprint density at radius 2 is 1.42 bits per heavy atom. The van der Waals surface area contributed by atoms with Crippen molar-refractivity contribution in [2.24, 2.45) is 5.73 Å².